The molecule has 2 N–H and O–H groups in total. The van der Waals surface area contributed by atoms with Crippen molar-refractivity contribution in [3.05, 3.63) is 65.7 Å². The Morgan fingerprint density at radius 1 is 1.09 bits per heavy atom. The zero-order valence-corrected chi connectivity index (χ0v) is 13.4. The molecule has 0 aliphatic carbocycles. The number of hydrogen-bond acceptors (Lipinski definition) is 4. The molecule has 0 aromatic heterocycles. The Kier molecular flexibility index (Phi) is 5.61. The zero-order chi connectivity index (χ0) is 16.7. The fourth-order valence-electron chi connectivity index (χ4n) is 1.71. The molecule has 2 rings (SSSR count). The standard InChI is InChI=1S/C16H17N3O3S/c1-13-7-9-14(10-8-13)11-17-19-16(20)12-18-23(21,22)15-5-3-2-4-6-15/h2-11,18H,12H2,1H3,(H,19,20). The van der Waals surface area contributed by atoms with Crippen LogP contribution in [0.5, 0.6) is 0 Å². The van der Waals surface area contributed by atoms with Crippen molar-refractivity contribution in [2.75, 3.05) is 6.54 Å². The van der Waals surface area contributed by atoms with Gasteiger partial charge in [-0.25, -0.2) is 18.6 Å². The molecule has 0 spiro atoms. The molecule has 0 aliphatic heterocycles. The summed E-state index contributed by atoms with van der Waals surface area (Å²) in [6.45, 7) is 1.59. The molecule has 120 valence electrons. The summed E-state index contributed by atoms with van der Waals surface area (Å²) in [5, 5.41) is 3.79. The summed E-state index contributed by atoms with van der Waals surface area (Å²) in [6, 6.07) is 15.4. The number of amides is 1. The maximum atomic E-state index is 11.9. The predicted molar refractivity (Wildman–Crippen MR) is 88.5 cm³/mol. The fraction of sp³-hybridized carbons (Fsp3) is 0.125. The first kappa shape index (κ1) is 16.9. The minimum absolute atomic E-state index is 0.107. The second-order valence-electron chi connectivity index (χ2n) is 4.84. The number of hydrazone groups is 1. The monoisotopic (exact) mass is 331 g/mol. The Morgan fingerprint density at radius 2 is 1.74 bits per heavy atom. The third-order valence-electron chi connectivity index (χ3n) is 2.96. The van der Waals surface area contributed by atoms with E-state index in [0.29, 0.717) is 0 Å². The summed E-state index contributed by atoms with van der Waals surface area (Å²) in [6.07, 6.45) is 1.49. The summed E-state index contributed by atoms with van der Waals surface area (Å²) in [5.74, 6) is -0.548. The molecular weight excluding hydrogens is 314 g/mol. The van der Waals surface area contributed by atoms with Crippen LogP contribution >= 0.6 is 0 Å². The van der Waals surface area contributed by atoms with Crippen molar-refractivity contribution in [1.29, 1.82) is 0 Å². The maximum absolute atomic E-state index is 11.9. The van der Waals surface area contributed by atoms with Crippen LogP contribution < -0.4 is 10.1 Å². The molecule has 2 aromatic rings. The summed E-state index contributed by atoms with van der Waals surface area (Å²) in [5.41, 5.74) is 4.23. The van der Waals surface area contributed by atoms with E-state index in [2.05, 4.69) is 15.2 Å². The highest BCUT2D eigenvalue weighted by atomic mass is 32.2. The third-order valence-corrected chi connectivity index (χ3v) is 4.37. The van der Waals surface area contributed by atoms with Gasteiger partial charge in [0.05, 0.1) is 17.7 Å². The fourth-order valence-corrected chi connectivity index (χ4v) is 2.72. The molecule has 0 saturated carbocycles. The number of aryl methyl sites for hydroxylation is 1. The first-order chi connectivity index (χ1) is 11.0. The quantitative estimate of drug-likeness (QED) is 0.620. The minimum Gasteiger partial charge on any atom is -0.272 e. The predicted octanol–water partition coefficient (Wildman–Crippen LogP) is 1.42. The molecule has 0 fully saturated rings. The van der Waals surface area contributed by atoms with Gasteiger partial charge in [-0.15, -0.1) is 0 Å². The number of nitrogens with zero attached hydrogens (tertiary/aromatic N) is 1. The van der Waals surface area contributed by atoms with Crippen LogP contribution in [0.15, 0.2) is 64.6 Å². The molecule has 6 nitrogen and oxygen atoms in total. The van der Waals surface area contributed by atoms with Crippen LogP contribution in [-0.4, -0.2) is 27.1 Å². The van der Waals surface area contributed by atoms with Crippen molar-refractivity contribution in [3.8, 4) is 0 Å². The van der Waals surface area contributed by atoms with E-state index in [1.807, 2.05) is 31.2 Å². The lowest BCUT2D eigenvalue weighted by Gasteiger charge is -2.05. The number of carbonyl (C=O) groups excluding carboxylic acids is 1. The molecule has 1 amide bonds. The Bertz CT molecular complexity index is 785. The largest absolute Gasteiger partial charge is 0.272 e. The van der Waals surface area contributed by atoms with E-state index >= 15 is 0 Å². The van der Waals surface area contributed by atoms with Crippen LogP contribution in [0.1, 0.15) is 11.1 Å². The molecule has 0 bridgehead atoms. The van der Waals surface area contributed by atoms with Crippen molar-refractivity contribution in [2.24, 2.45) is 5.10 Å². The normalized spacial score (nSPS) is 11.5. The first-order valence-corrected chi connectivity index (χ1v) is 8.39. The molecule has 0 unspecified atom stereocenters. The highest BCUT2D eigenvalue weighted by molar-refractivity contribution is 7.89. The molecule has 2 aromatic carbocycles. The van der Waals surface area contributed by atoms with E-state index in [1.54, 1.807) is 18.2 Å². The number of hydrogen-bond donors (Lipinski definition) is 2. The Balaban J connectivity index is 1.84. The van der Waals surface area contributed by atoms with Crippen LogP contribution in [-0.2, 0) is 14.8 Å². The Morgan fingerprint density at radius 3 is 2.39 bits per heavy atom. The average molecular weight is 331 g/mol. The molecule has 0 radical (unpaired) electrons. The van der Waals surface area contributed by atoms with Gasteiger partial charge in [-0.05, 0) is 24.6 Å². The van der Waals surface area contributed by atoms with Gasteiger partial charge < -0.3 is 0 Å². The number of sulfonamides is 1. The molecule has 0 aliphatic rings. The summed E-state index contributed by atoms with van der Waals surface area (Å²) in [7, 11) is -3.70. The first-order valence-electron chi connectivity index (χ1n) is 6.91. The number of rotatable bonds is 6. The van der Waals surface area contributed by atoms with Crippen LogP contribution in [0, 0.1) is 6.92 Å². The van der Waals surface area contributed by atoms with Gasteiger partial charge in [0.25, 0.3) is 5.91 Å². The highest BCUT2D eigenvalue weighted by Gasteiger charge is 2.14. The van der Waals surface area contributed by atoms with Crippen molar-refractivity contribution < 1.29 is 13.2 Å². The maximum Gasteiger partial charge on any atom is 0.255 e. The van der Waals surface area contributed by atoms with Crippen LogP contribution in [0.25, 0.3) is 0 Å². The van der Waals surface area contributed by atoms with Crippen molar-refractivity contribution in [2.45, 2.75) is 11.8 Å². The summed E-state index contributed by atoms with van der Waals surface area (Å²) in [4.78, 5) is 11.7. The molecule has 23 heavy (non-hydrogen) atoms. The highest BCUT2D eigenvalue weighted by Crippen LogP contribution is 2.06. The van der Waals surface area contributed by atoms with E-state index < -0.39 is 15.9 Å². The minimum atomic E-state index is -3.70. The van der Waals surface area contributed by atoms with Crippen LogP contribution in [0.2, 0.25) is 0 Å². The lowest BCUT2D eigenvalue weighted by Crippen LogP contribution is -2.34. The Labute approximate surface area is 135 Å². The van der Waals surface area contributed by atoms with Crippen molar-refractivity contribution in [3.63, 3.8) is 0 Å². The summed E-state index contributed by atoms with van der Waals surface area (Å²) < 4.78 is 26.1. The van der Waals surface area contributed by atoms with Gasteiger partial charge >= 0.3 is 0 Å². The number of carbonyl (C=O) groups is 1. The van der Waals surface area contributed by atoms with E-state index in [1.165, 1.54) is 18.3 Å². The molecular formula is C16H17N3O3S. The molecule has 0 atom stereocenters. The van der Waals surface area contributed by atoms with Gasteiger partial charge in [-0.2, -0.15) is 5.10 Å². The van der Waals surface area contributed by atoms with Crippen LogP contribution in [0.3, 0.4) is 0 Å². The van der Waals surface area contributed by atoms with Gasteiger partial charge in [0.2, 0.25) is 10.0 Å². The lowest BCUT2D eigenvalue weighted by molar-refractivity contribution is -0.119. The zero-order valence-electron chi connectivity index (χ0n) is 12.6. The molecule has 0 heterocycles. The van der Waals surface area contributed by atoms with E-state index in [-0.39, 0.29) is 11.4 Å². The molecule has 7 heteroatoms. The molecule has 0 saturated heterocycles. The van der Waals surface area contributed by atoms with Crippen LogP contribution in [0.4, 0.5) is 0 Å². The van der Waals surface area contributed by atoms with E-state index in [4.69, 9.17) is 0 Å². The smallest absolute Gasteiger partial charge is 0.255 e. The van der Waals surface area contributed by atoms with Crippen molar-refractivity contribution >= 4 is 22.1 Å². The van der Waals surface area contributed by atoms with E-state index in [0.717, 1.165) is 11.1 Å². The topological polar surface area (TPSA) is 87.6 Å². The third kappa shape index (κ3) is 5.32. The number of benzene rings is 2. The average Bonchev–Trinajstić information content (AvgIpc) is 2.56. The number of nitrogens with one attached hydrogen (secondary N) is 2. The van der Waals surface area contributed by atoms with Gasteiger partial charge in [0, 0.05) is 0 Å². The second-order valence-corrected chi connectivity index (χ2v) is 6.61. The van der Waals surface area contributed by atoms with Gasteiger partial charge in [-0.3, -0.25) is 4.79 Å². The Hall–Kier alpha value is -2.51. The summed E-state index contributed by atoms with van der Waals surface area (Å²) >= 11 is 0. The van der Waals surface area contributed by atoms with Gasteiger partial charge in [0.1, 0.15) is 0 Å². The van der Waals surface area contributed by atoms with Gasteiger partial charge in [0.15, 0.2) is 0 Å². The lowest BCUT2D eigenvalue weighted by atomic mass is 10.2. The van der Waals surface area contributed by atoms with Gasteiger partial charge in [-0.1, -0.05) is 48.0 Å². The second kappa shape index (κ2) is 7.66. The van der Waals surface area contributed by atoms with E-state index in [9.17, 15) is 13.2 Å². The van der Waals surface area contributed by atoms with Crippen molar-refractivity contribution in [1.82, 2.24) is 10.1 Å². The SMILES string of the molecule is Cc1ccc(C=NNC(=O)CNS(=O)(=O)c2ccccc2)cc1.